The van der Waals surface area contributed by atoms with Crippen molar-refractivity contribution in [2.24, 2.45) is 5.14 Å². The number of benzene rings is 1. The molecule has 4 nitrogen and oxygen atoms in total. The molecule has 0 aromatic heterocycles. The number of nitrogens with zero attached hydrogens (tertiary/aromatic N) is 1. The van der Waals surface area contributed by atoms with Crippen molar-refractivity contribution in [1.82, 2.24) is 4.90 Å². The molecule has 100 valence electrons. The van der Waals surface area contributed by atoms with Crippen LogP contribution in [0.15, 0.2) is 23.1 Å². The largest absolute Gasteiger partial charge is 0.299 e. The van der Waals surface area contributed by atoms with E-state index in [0.29, 0.717) is 12.6 Å². The van der Waals surface area contributed by atoms with Gasteiger partial charge in [0.25, 0.3) is 0 Å². The quantitative estimate of drug-likeness (QED) is 0.902. The Balaban J connectivity index is 2.13. The van der Waals surface area contributed by atoms with Gasteiger partial charge in [-0.25, -0.2) is 17.9 Å². The number of rotatable bonds is 4. The maximum Gasteiger partial charge on any atom is 0.240 e. The van der Waals surface area contributed by atoms with E-state index in [2.05, 4.69) is 4.90 Å². The van der Waals surface area contributed by atoms with Crippen molar-refractivity contribution < 1.29 is 12.8 Å². The third-order valence-corrected chi connectivity index (χ3v) is 4.38. The SMILES string of the molecule is CN(Cc1ccc(S(N)(=O)=O)c(F)c1)C1CCC1. The van der Waals surface area contributed by atoms with Gasteiger partial charge in [-0.2, -0.15) is 0 Å². The molecule has 1 aromatic carbocycles. The predicted molar refractivity (Wildman–Crippen MR) is 66.9 cm³/mol. The second kappa shape index (κ2) is 4.95. The molecule has 0 aliphatic heterocycles. The summed E-state index contributed by atoms with van der Waals surface area (Å²) in [6, 6.07) is 4.65. The zero-order valence-electron chi connectivity index (χ0n) is 10.3. The van der Waals surface area contributed by atoms with Crippen LogP contribution in [0.25, 0.3) is 0 Å². The van der Waals surface area contributed by atoms with E-state index in [4.69, 9.17) is 5.14 Å². The summed E-state index contributed by atoms with van der Waals surface area (Å²) < 4.78 is 35.8. The molecule has 6 heteroatoms. The lowest BCUT2D eigenvalue weighted by atomic mass is 9.91. The van der Waals surface area contributed by atoms with Crippen LogP contribution >= 0.6 is 0 Å². The molecule has 0 radical (unpaired) electrons. The lowest BCUT2D eigenvalue weighted by molar-refractivity contribution is 0.152. The van der Waals surface area contributed by atoms with Crippen LogP contribution in [0.4, 0.5) is 4.39 Å². The van der Waals surface area contributed by atoms with E-state index in [0.717, 1.165) is 5.56 Å². The van der Waals surface area contributed by atoms with Gasteiger partial charge in [-0.1, -0.05) is 12.5 Å². The van der Waals surface area contributed by atoms with E-state index >= 15 is 0 Å². The van der Waals surface area contributed by atoms with E-state index in [1.54, 1.807) is 6.07 Å². The van der Waals surface area contributed by atoms with Crippen molar-refractivity contribution in [3.05, 3.63) is 29.6 Å². The lowest BCUT2D eigenvalue weighted by Gasteiger charge is -2.34. The average Bonchev–Trinajstić information content (AvgIpc) is 2.11. The number of primary sulfonamides is 1. The summed E-state index contributed by atoms with van der Waals surface area (Å²) in [5.41, 5.74) is 0.759. The fourth-order valence-electron chi connectivity index (χ4n) is 2.12. The van der Waals surface area contributed by atoms with Crippen LogP contribution in [0.5, 0.6) is 0 Å². The summed E-state index contributed by atoms with van der Waals surface area (Å²) in [6.07, 6.45) is 3.59. The summed E-state index contributed by atoms with van der Waals surface area (Å²) in [7, 11) is -1.98. The minimum absolute atomic E-state index is 0.447. The van der Waals surface area contributed by atoms with Gasteiger partial charge in [-0.15, -0.1) is 0 Å². The van der Waals surface area contributed by atoms with E-state index in [1.807, 2.05) is 7.05 Å². The lowest BCUT2D eigenvalue weighted by Crippen LogP contribution is -2.36. The van der Waals surface area contributed by atoms with Gasteiger partial charge in [0, 0.05) is 12.6 Å². The molecular weight excluding hydrogens is 255 g/mol. The smallest absolute Gasteiger partial charge is 0.240 e. The van der Waals surface area contributed by atoms with Crippen LogP contribution < -0.4 is 5.14 Å². The van der Waals surface area contributed by atoms with Crippen molar-refractivity contribution in [2.75, 3.05) is 7.05 Å². The number of nitrogens with two attached hydrogens (primary N) is 1. The second-order valence-corrected chi connectivity index (χ2v) is 6.34. The van der Waals surface area contributed by atoms with E-state index in [-0.39, 0.29) is 0 Å². The van der Waals surface area contributed by atoms with Crippen molar-refractivity contribution in [3.8, 4) is 0 Å². The summed E-state index contributed by atoms with van der Waals surface area (Å²) in [6.45, 7) is 0.618. The van der Waals surface area contributed by atoms with Crippen molar-refractivity contribution in [1.29, 1.82) is 0 Å². The maximum absolute atomic E-state index is 13.6. The summed E-state index contributed by atoms with van der Waals surface area (Å²) >= 11 is 0. The van der Waals surface area contributed by atoms with Crippen LogP contribution in [0.2, 0.25) is 0 Å². The van der Waals surface area contributed by atoms with Crippen molar-refractivity contribution in [3.63, 3.8) is 0 Å². The molecule has 2 N–H and O–H groups in total. The highest BCUT2D eigenvalue weighted by atomic mass is 32.2. The van der Waals surface area contributed by atoms with Gasteiger partial charge in [0.05, 0.1) is 0 Å². The van der Waals surface area contributed by atoms with Gasteiger partial charge in [-0.05, 0) is 37.6 Å². The van der Waals surface area contributed by atoms with Crippen LogP contribution in [-0.2, 0) is 16.6 Å². The van der Waals surface area contributed by atoms with Crippen LogP contribution in [0.3, 0.4) is 0 Å². The van der Waals surface area contributed by atoms with Gasteiger partial charge >= 0.3 is 0 Å². The van der Waals surface area contributed by atoms with Crippen LogP contribution in [0.1, 0.15) is 24.8 Å². The summed E-state index contributed by atoms with van der Waals surface area (Å²) in [5.74, 6) is -0.781. The number of hydrogen-bond donors (Lipinski definition) is 1. The first-order valence-electron chi connectivity index (χ1n) is 5.89. The Hall–Kier alpha value is -0.980. The maximum atomic E-state index is 13.6. The van der Waals surface area contributed by atoms with Gasteiger partial charge in [0.2, 0.25) is 10.0 Å². The molecule has 0 heterocycles. The van der Waals surface area contributed by atoms with Crippen molar-refractivity contribution >= 4 is 10.0 Å². The summed E-state index contributed by atoms with van der Waals surface area (Å²) in [4.78, 5) is 1.71. The molecule has 2 rings (SSSR count). The molecule has 1 aromatic rings. The first-order valence-corrected chi connectivity index (χ1v) is 7.44. The average molecular weight is 272 g/mol. The molecule has 1 fully saturated rings. The van der Waals surface area contributed by atoms with Crippen LogP contribution in [0, 0.1) is 5.82 Å². The molecule has 0 saturated heterocycles. The summed E-state index contributed by atoms with van der Waals surface area (Å²) in [5, 5.41) is 4.91. The minimum atomic E-state index is -3.98. The van der Waals surface area contributed by atoms with Gasteiger partial charge in [0.1, 0.15) is 10.7 Å². The molecule has 0 atom stereocenters. The molecule has 18 heavy (non-hydrogen) atoms. The number of halogens is 1. The predicted octanol–water partition coefficient (Wildman–Crippen LogP) is 1.46. The highest BCUT2D eigenvalue weighted by Crippen LogP contribution is 2.25. The molecule has 1 saturated carbocycles. The number of hydrogen-bond acceptors (Lipinski definition) is 3. The fraction of sp³-hybridized carbons (Fsp3) is 0.500. The van der Waals surface area contributed by atoms with Gasteiger partial charge in [-0.3, -0.25) is 4.90 Å². The van der Waals surface area contributed by atoms with E-state index < -0.39 is 20.7 Å². The monoisotopic (exact) mass is 272 g/mol. The second-order valence-electron chi connectivity index (χ2n) is 4.81. The van der Waals surface area contributed by atoms with Crippen molar-refractivity contribution in [2.45, 2.75) is 36.7 Å². The molecule has 0 unspecified atom stereocenters. The Morgan fingerprint density at radius 2 is 2.11 bits per heavy atom. The topological polar surface area (TPSA) is 63.4 Å². The number of sulfonamides is 1. The third-order valence-electron chi connectivity index (χ3n) is 3.43. The molecule has 1 aliphatic carbocycles. The minimum Gasteiger partial charge on any atom is -0.299 e. The Bertz CT molecular complexity index is 541. The van der Waals surface area contributed by atoms with Gasteiger partial charge in [0.15, 0.2) is 0 Å². The Kier molecular flexibility index (Phi) is 3.70. The van der Waals surface area contributed by atoms with Gasteiger partial charge < -0.3 is 0 Å². The highest BCUT2D eigenvalue weighted by Gasteiger charge is 2.22. The molecule has 1 aliphatic rings. The molecule has 0 amide bonds. The van der Waals surface area contributed by atoms with E-state index in [9.17, 15) is 12.8 Å². The molecule has 0 spiro atoms. The third kappa shape index (κ3) is 2.88. The first kappa shape index (κ1) is 13.5. The Morgan fingerprint density at radius 3 is 2.56 bits per heavy atom. The molecular formula is C12H17FN2O2S. The molecule has 0 bridgehead atoms. The Morgan fingerprint density at radius 1 is 1.44 bits per heavy atom. The normalized spacial score (nSPS) is 16.9. The zero-order valence-corrected chi connectivity index (χ0v) is 11.1. The van der Waals surface area contributed by atoms with E-state index in [1.165, 1.54) is 31.4 Å². The zero-order chi connectivity index (χ0) is 13.3. The fourth-order valence-corrected chi connectivity index (χ4v) is 2.71. The van der Waals surface area contributed by atoms with Crippen LogP contribution in [-0.4, -0.2) is 26.4 Å². The Labute approximate surface area is 107 Å². The first-order chi connectivity index (χ1) is 8.38. The highest BCUT2D eigenvalue weighted by molar-refractivity contribution is 7.89. The standard InChI is InChI=1S/C12H17FN2O2S/c1-15(10-3-2-4-10)8-9-5-6-12(11(13)7-9)18(14,16)17/h5-7,10H,2-4,8H2,1H3,(H2,14,16,17).